The van der Waals surface area contributed by atoms with Crippen molar-refractivity contribution in [3.8, 4) is 0 Å². The lowest BCUT2D eigenvalue weighted by atomic mass is 9.33. The summed E-state index contributed by atoms with van der Waals surface area (Å²) in [5.74, 6) is 0.210. The Morgan fingerprint density at radius 1 is 0.935 bits per heavy atom. The molecule has 5 aliphatic rings. The van der Waals surface area contributed by atoms with Crippen LogP contribution in [0.5, 0.6) is 0 Å². The maximum Gasteiger partial charge on any atom is 0.326 e. The van der Waals surface area contributed by atoms with Crippen LogP contribution in [0.3, 0.4) is 0 Å². The van der Waals surface area contributed by atoms with Crippen LogP contribution in [0.4, 0.5) is 0 Å². The second-order valence-corrected chi connectivity index (χ2v) is 18.8. The number of benzene rings is 1. The molecule has 1 aromatic carbocycles. The number of aromatic nitrogens is 1. The van der Waals surface area contributed by atoms with Gasteiger partial charge in [-0.25, -0.2) is 4.79 Å². The van der Waals surface area contributed by atoms with Gasteiger partial charge in [0.2, 0.25) is 5.91 Å². The third-order valence-corrected chi connectivity index (χ3v) is 15.5. The molecule has 7 rings (SSSR count). The Bertz CT molecular complexity index is 1630. The van der Waals surface area contributed by atoms with E-state index in [-0.39, 0.29) is 44.8 Å². The second kappa shape index (κ2) is 9.98. The van der Waals surface area contributed by atoms with Gasteiger partial charge in [-0.2, -0.15) is 0 Å². The van der Waals surface area contributed by atoms with Gasteiger partial charge in [-0.15, -0.1) is 0 Å². The molecule has 0 radical (unpaired) electrons. The fourth-order valence-corrected chi connectivity index (χ4v) is 12.7. The zero-order valence-corrected chi connectivity index (χ0v) is 29.9. The summed E-state index contributed by atoms with van der Waals surface area (Å²) in [6, 6.07) is 8.05. The highest BCUT2D eigenvalue weighted by atomic mass is 16.4. The predicted octanol–water partition coefficient (Wildman–Crippen LogP) is 9.21. The average Bonchev–Trinajstić information content (AvgIpc) is 3.34. The summed E-state index contributed by atoms with van der Waals surface area (Å²) < 4.78 is 0. The number of fused-ring (bicyclic) bond motifs is 10. The molecule has 1 heterocycles. The summed E-state index contributed by atoms with van der Waals surface area (Å²) in [5, 5.41) is 14.5. The number of carboxylic acid groups (broad SMARTS) is 1. The maximum atomic E-state index is 14.4. The van der Waals surface area contributed by atoms with Gasteiger partial charge in [0.1, 0.15) is 6.04 Å². The molecule has 0 aliphatic heterocycles. The molecule has 1 aromatic heterocycles. The maximum absolute atomic E-state index is 14.4. The Labute approximate surface area is 276 Å². The Morgan fingerprint density at radius 2 is 1.63 bits per heavy atom. The number of hydrogen-bond acceptors (Lipinski definition) is 2. The van der Waals surface area contributed by atoms with Gasteiger partial charge in [0.25, 0.3) is 0 Å². The first kappa shape index (κ1) is 32.0. The topological polar surface area (TPSA) is 82.2 Å². The fourth-order valence-electron chi connectivity index (χ4n) is 12.7. The molecular formula is C41H58N2O3. The van der Waals surface area contributed by atoms with E-state index in [1.165, 1.54) is 40.6 Å². The first-order chi connectivity index (χ1) is 21.4. The van der Waals surface area contributed by atoms with Crippen LogP contribution in [-0.4, -0.2) is 28.0 Å². The lowest BCUT2D eigenvalue weighted by Crippen LogP contribution is -2.65. The zero-order valence-electron chi connectivity index (χ0n) is 29.9. The van der Waals surface area contributed by atoms with Crippen LogP contribution in [0.25, 0.3) is 10.9 Å². The van der Waals surface area contributed by atoms with E-state index in [9.17, 15) is 14.7 Å². The molecule has 0 bridgehead atoms. The highest BCUT2D eigenvalue weighted by Crippen LogP contribution is 2.75. The van der Waals surface area contributed by atoms with Crippen LogP contribution in [-0.2, 0) is 21.4 Å². The van der Waals surface area contributed by atoms with Crippen molar-refractivity contribution in [2.24, 2.45) is 50.7 Å². The number of H-pyrrole nitrogens is 1. The van der Waals surface area contributed by atoms with Crippen LogP contribution >= 0.6 is 0 Å². The van der Waals surface area contributed by atoms with Gasteiger partial charge in [-0.1, -0.05) is 92.2 Å². The molecule has 5 heteroatoms. The quantitative estimate of drug-likeness (QED) is 0.296. The third kappa shape index (κ3) is 4.11. The van der Waals surface area contributed by atoms with Crippen molar-refractivity contribution in [3.63, 3.8) is 0 Å². The summed E-state index contributed by atoms with van der Waals surface area (Å²) in [5.41, 5.74) is 5.80. The molecule has 0 saturated heterocycles. The number of nitrogens with one attached hydrogen (secondary N) is 2. The standard InChI is InChI=1S/C41H58N2O3/c1-24(2)32(34(44)45)43-35(46)41-20-18-36(3,4)23-28(41)27-14-15-31-38(7)22-26-25-12-10-11-13-29(25)42-33(26)37(5,6)30(38)16-17-40(31,9)39(27,8)19-21-41/h10-14,24,28,30-32,42H,15-23H2,1-9H3,(H,43,46)(H,44,45)/t28-,30-,31+,32-,38-,39+,40+,41-/m0/s1. The minimum Gasteiger partial charge on any atom is -0.480 e. The molecule has 46 heavy (non-hydrogen) atoms. The Morgan fingerprint density at radius 3 is 2.33 bits per heavy atom. The van der Waals surface area contributed by atoms with Gasteiger partial charge in [-0.05, 0) is 115 Å². The molecule has 3 saturated carbocycles. The van der Waals surface area contributed by atoms with Crippen LogP contribution in [0.1, 0.15) is 125 Å². The van der Waals surface area contributed by atoms with Gasteiger partial charge < -0.3 is 15.4 Å². The first-order valence-corrected chi connectivity index (χ1v) is 18.3. The highest BCUT2D eigenvalue weighted by Gasteiger charge is 2.69. The molecular weight excluding hydrogens is 568 g/mol. The number of hydrogen-bond donors (Lipinski definition) is 3. The molecule has 8 atom stereocenters. The van der Waals surface area contributed by atoms with Crippen molar-refractivity contribution in [2.75, 3.05) is 0 Å². The first-order valence-electron chi connectivity index (χ1n) is 18.3. The van der Waals surface area contributed by atoms with Crippen molar-refractivity contribution in [2.45, 2.75) is 132 Å². The Hall–Kier alpha value is -2.56. The predicted molar refractivity (Wildman–Crippen MR) is 185 cm³/mol. The molecule has 5 nitrogen and oxygen atoms in total. The smallest absolute Gasteiger partial charge is 0.326 e. The van der Waals surface area contributed by atoms with E-state index in [1.54, 1.807) is 0 Å². The molecule has 2 aromatic rings. The van der Waals surface area contributed by atoms with Crippen LogP contribution in [0.15, 0.2) is 35.9 Å². The zero-order chi connectivity index (χ0) is 33.2. The number of carboxylic acids is 1. The lowest BCUT2D eigenvalue weighted by Gasteiger charge is -2.70. The molecule has 0 unspecified atom stereocenters. The Kier molecular flexibility index (Phi) is 6.95. The number of carbonyl (C=O) groups is 2. The molecule has 0 spiro atoms. The van der Waals surface area contributed by atoms with Crippen LogP contribution < -0.4 is 5.32 Å². The van der Waals surface area contributed by atoms with Crippen molar-refractivity contribution < 1.29 is 14.7 Å². The largest absolute Gasteiger partial charge is 0.480 e. The molecule has 5 aliphatic carbocycles. The molecule has 250 valence electrons. The minimum absolute atomic E-state index is 0.0131. The summed E-state index contributed by atoms with van der Waals surface area (Å²) in [7, 11) is 0. The number of aliphatic carboxylic acids is 1. The van der Waals surface area contributed by atoms with E-state index < -0.39 is 17.4 Å². The number of rotatable bonds is 4. The number of allylic oxidation sites excluding steroid dienone is 2. The summed E-state index contributed by atoms with van der Waals surface area (Å²) in [6.45, 7) is 21.4. The van der Waals surface area contributed by atoms with Crippen LogP contribution in [0.2, 0.25) is 0 Å². The second-order valence-electron chi connectivity index (χ2n) is 18.8. The number of aromatic amines is 1. The van der Waals surface area contributed by atoms with E-state index in [4.69, 9.17) is 0 Å². The van der Waals surface area contributed by atoms with Gasteiger partial charge >= 0.3 is 5.97 Å². The van der Waals surface area contributed by atoms with Gasteiger partial charge in [-0.3, -0.25) is 4.79 Å². The van der Waals surface area contributed by atoms with Gasteiger partial charge in [0.05, 0.1) is 5.41 Å². The van der Waals surface area contributed by atoms with E-state index in [1.807, 2.05) is 13.8 Å². The normalized spacial score (nSPS) is 39.6. The molecule has 3 N–H and O–H groups in total. The number of carbonyl (C=O) groups excluding carboxylic acids is 1. The van der Waals surface area contributed by atoms with Crippen molar-refractivity contribution in [3.05, 3.63) is 47.2 Å². The summed E-state index contributed by atoms with van der Waals surface area (Å²) in [6.07, 6.45) is 11.9. The third-order valence-electron chi connectivity index (χ3n) is 15.5. The SMILES string of the molecule is CC(C)[C@H](NC(=O)[C@]12CCC(C)(C)C[C@H]1C1=CC[C@@H]3[C@@]4(C)Cc5c([nH]c6ccccc56)C(C)(C)[C@@H]4CC[C@@]3(C)[C@]1(C)CC2)C(=O)O. The molecule has 3 fully saturated rings. The van der Waals surface area contributed by atoms with Crippen molar-refractivity contribution >= 4 is 22.8 Å². The van der Waals surface area contributed by atoms with Crippen molar-refractivity contribution in [1.82, 2.24) is 10.3 Å². The van der Waals surface area contributed by atoms with E-state index in [0.29, 0.717) is 11.8 Å². The summed E-state index contributed by atoms with van der Waals surface area (Å²) in [4.78, 5) is 30.5. The highest BCUT2D eigenvalue weighted by molar-refractivity contribution is 5.89. The van der Waals surface area contributed by atoms with E-state index in [2.05, 4.69) is 89.1 Å². The van der Waals surface area contributed by atoms with Crippen LogP contribution in [0, 0.1) is 50.7 Å². The lowest BCUT2D eigenvalue weighted by molar-refractivity contribution is -0.168. The monoisotopic (exact) mass is 626 g/mol. The summed E-state index contributed by atoms with van der Waals surface area (Å²) >= 11 is 0. The van der Waals surface area contributed by atoms with Crippen molar-refractivity contribution in [1.29, 1.82) is 0 Å². The average molecular weight is 627 g/mol. The van der Waals surface area contributed by atoms with Gasteiger partial charge in [0, 0.05) is 22.0 Å². The fraction of sp³-hybridized carbons (Fsp3) is 0.707. The van der Waals surface area contributed by atoms with E-state index >= 15 is 0 Å². The minimum atomic E-state index is -0.931. The number of para-hydroxylation sites is 1. The molecule has 1 amide bonds. The Balaban J connectivity index is 1.31. The number of amides is 1. The van der Waals surface area contributed by atoms with Gasteiger partial charge in [0.15, 0.2) is 0 Å². The van der Waals surface area contributed by atoms with E-state index in [0.717, 1.165) is 44.9 Å².